The highest BCUT2D eigenvalue weighted by Gasteiger charge is 2.40. The third kappa shape index (κ3) is 4.83. The molecule has 4 N–H and O–H groups in total. The summed E-state index contributed by atoms with van der Waals surface area (Å²) in [6.45, 7) is 3.27. The lowest BCUT2D eigenvalue weighted by Crippen LogP contribution is -2.57. The number of carbonyl (C=O) groups excluding carboxylic acids is 1. The van der Waals surface area contributed by atoms with Crippen molar-refractivity contribution in [3.8, 4) is 0 Å². The molecule has 0 aromatic heterocycles. The SMILES string of the molecule is CCO[C@@H]1C[C@@H](NCCC(=O)Nc2cc(N)ccc2F)[C@@H]1SC. The predicted octanol–water partition coefficient (Wildman–Crippen LogP) is 2.24. The average Bonchev–Trinajstić information content (AvgIpc) is 2.49. The number of rotatable bonds is 8. The first-order chi connectivity index (χ1) is 11.0. The molecular formula is C16H24FN3O2S. The second-order valence-corrected chi connectivity index (χ2v) is 6.54. The van der Waals surface area contributed by atoms with Gasteiger partial charge in [0.25, 0.3) is 0 Å². The molecule has 1 aliphatic carbocycles. The summed E-state index contributed by atoms with van der Waals surface area (Å²) in [5.41, 5.74) is 6.13. The van der Waals surface area contributed by atoms with Crippen LogP contribution in [0.1, 0.15) is 19.8 Å². The minimum Gasteiger partial charge on any atom is -0.399 e. The molecule has 7 heteroatoms. The van der Waals surface area contributed by atoms with Crippen molar-refractivity contribution in [3.63, 3.8) is 0 Å². The van der Waals surface area contributed by atoms with Gasteiger partial charge in [-0.15, -0.1) is 0 Å². The maximum absolute atomic E-state index is 13.6. The van der Waals surface area contributed by atoms with Crippen LogP contribution in [0.3, 0.4) is 0 Å². The van der Waals surface area contributed by atoms with Crippen molar-refractivity contribution in [2.75, 3.05) is 30.5 Å². The molecule has 0 bridgehead atoms. The largest absolute Gasteiger partial charge is 0.399 e. The van der Waals surface area contributed by atoms with E-state index in [1.54, 1.807) is 11.8 Å². The molecule has 1 amide bonds. The Hall–Kier alpha value is -1.31. The topological polar surface area (TPSA) is 76.4 Å². The van der Waals surface area contributed by atoms with E-state index in [0.29, 0.717) is 29.6 Å². The van der Waals surface area contributed by atoms with E-state index in [1.165, 1.54) is 18.2 Å². The molecule has 3 atom stereocenters. The summed E-state index contributed by atoms with van der Waals surface area (Å²) in [5.74, 6) is -0.718. The van der Waals surface area contributed by atoms with Gasteiger partial charge in [-0.1, -0.05) is 0 Å². The van der Waals surface area contributed by atoms with Gasteiger partial charge < -0.3 is 21.1 Å². The first-order valence-corrected chi connectivity index (χ1v) is 9.06. The Balaban J connectivity index is 1.72. The van der Waals surface area contributed by atoms with E-state index in [9.17, 15) is 9.18 Å². The molecule has 128 valence electrons. The van der Waals surface area contributed by atoms with Crippen molar-refractivity contribution in [3.05, 3.63) is 24.0 Å². The molecule has 0 aliphatic heterocycles. The summed E-state index contributed by atoms with van der Waals surface area (Å²) >= 11 is 1.78. The molecule has 1 fully saturated rings. The number of benzene rings is 1. The molecule has 0 spiro atoms. The van der Waals surface area contributed by atoms with Crippen molar-refractivity contribution in [1.29, 1.82) is 0 Å². The molecule has 1 aliphatic rings. The molecule has 0 unspecified atom stereocenters. The number of carbonyl (C=O) groups is 1. The van der Waals surface area contributed by atoms with E-state index in [1.807, 2.05) is 6.92 Å². The van der Waals surface area contributed by atoms with E-state index < -0.39 is 5.82 Å². The van der Waals surface area contributed by atoms with Gasteiger partial charge in [-0.25, -0.2) is 4.39 Å². The molecule has 23 heavy (non-hydrogen) atoms. The number of thioether (sulfide) groups is 1. The third-order valence-electron chi connectivity index (χ3n) is 3.93. The Morgan fingerprint density at radius 1 is 1.52 bits per heavy atom. The van der Waals surface area contributed by atoms with Crippen molar-refractivity contribution in [1.82, 2.24) is 5.32 Å². The minimum atomic E-state index is -0.485. The standard InChI is InChI=1S/C16H24FN3O2S/c1-3-22-14-9-13(16(14)23-2)19-7-6-15(21)20-12-8-10(18)4-5-11(12)17/h4-5,8,13-14,16,19H,3,6-7,9,18H2,1-2H3,(H,20,21)/t13-,14-,16+/m1/s1. The van der Waals surface area contributed by atoms with Crippen LogP contribution in [-0.4, -0.2) is 42.7 Å². The van der Waals surface area contributed by atoms with Crippen molar-refractivity contribution in [2.24, 2.45) is 0 Å². The molecule has 0 saturated heterocycles. The fraction of sp³-hybridized carbons (Fsp3) is 0.562. The molecule has 5 nitrogen and oxygen atoms in total. The quantitative estimate of drug-likeness (QED) is 0.632. The van der Waals surface area contributed by atoms with Gasteiger partial charge in [0.2, 0.25) is 5.91 Å². The van der Waals surface area contributed by atoms with Crippen LogP contribution in [-0.2, 0) is 9.53 Å². The van der Waals surface area contributed by atoms with Crippen LogP contribution in [0.2, 0.25) is 0 Å². The smallest absolute Gasteiger partial charge is 0.225 e. The van der Waals surface area contributed by atoms with Crippen LogP contribution >= 0.6 is 11.8 Å². The van der Waals surface area contributed by atoms with Crippen molar-refractivity contribution in [2.45, 2.75) is 37.2 Å². The molecule has 1 aromatic rings. The zero-order valence-corrected chi connectivity index (χ0v) is 14.3. The summed E-state index contributed by atoms with van der Waals surface area (Å²) in [7, 11) is 0. The molecule has 0 radical (unpaired) electrons. The van der Waals surface area contributed by atoms with Gasteiger partial charge in [0, 0.05) is 36.6 Å². The molecule has 0 heterocycles. The summed E-state index contributed by atoms with van der Waals surface area (Å²) in [4.78, 5) is 11.9. The van der Waals surface area contributed by atoms with Gasteiger partial charge in [0.15, 0.2) is 0 Å². The fourth-order valence-electron chi connectivity index (χ4n) is 2.70. The van der Waals surface area contributed by atoms with Crippen LogP contribution < -0.4 is 16.4 Å². The number of amides is 1. The minimum absolute atomic E-state index is 0.122. The highest BCUT2D eigenvalue weighted by molar-refractivity contribution is 7.99. The van der Waals surface area contributed by atoms with Gasteiger partial charge in [-0.3, -0.25) is 4.79 Å². The lowest BCUT2D eigenvalue weighted by Gasteiger charge is -2.43. The first-order valence-electron chi connectivity index (χ1n) is 7.77. The lowest BCUT2D eigenvalue weighted by atomic mass is 9.88. The van der Waals surface area contributed by atoms with Gasteiger partial charge in [-0.2, -0.15) is 11.8 Å². The zero-order chi connectivity index (χ0) is 16.8. The summed E-state index contributed by atoms with van der Waals surface area (Å²) in [6, 6.07) is 4.48. The highest BCUT2D eigenvalue weighted by atomic mass is 32.2. The predicted molar refractivity (Wildman–Crippen MR) is 93.2 cm³/mol. The number of anilines is 2. The third-order valence-corrected chi connectivity index (χ3v) is 5.10. The lowest BCUT2D eigenvalue weighted by molar-refractivity contribution is -0.116. The highest BCUT2D eigenvalue weighted by Crippen LogP contribution is 2.33. The second-order valence-electron chi connectivity index (χ2n) is 5.53. The fourth-order valence-corrected chi connectivity index (χ4v) is 3.73. The Morgan fingerprint density at radius 2 is 2.30 bits per heavy atom. The van der Waals surface area contributed by atoms with Gasteiger partial charge in [0.1, 0.15) is 5.82 Å². The zero-order valence-electron chi connectivity index (χ0n) is 13.5. The number of nitrogens with one attached hydrogen (secondary N) is 2. The molecule has 1 saturated carbocycles. The number of nitrogens with two attached hydrogens (primary N) is 1. The Morgan fingerprint density at radius 3 is 3.00 bits per heavy atom. The van der Waals surface area contributed by atoms with Crippen molar-refractivity contribution < 1.29 is 13.9 Å². The maximum atomic E-state index is 13.6. The van der Waals surface area contributed by atoms with Crippen LogP contribution in [0.25, 0.3) is 0 Å². The van der Waals surface area contributed by atoms with Crippen LogP contribution in [0.4, 0.5) is 15.8 Å². The molecule has 1 aromatic carbocycles. The average molecular weight is 341 g/mol. The summed E-state index contributed by atoms with van der Waals surface area (Å²) < 4.78 is 19.2. The van der Waals surface area contributed by atoms with Gasteiger partial charge in [-0.05, 0) is 37.8 Å². The number of halogens is 1. The van der Waals surface area contributed by atoms with Gasteiger partial charge >= 0.3 is 0 Å². The molecular weight excluding hydrogens is 317 g/mol. The summed E-state index contributed by atoms with van der Waals surface area (Å²) in [5, 5.41) is 6.34. The maximum Gasteiger partial charge on any atom is 0.225 e. The summed E-state index contributed by atoms with van der Waals surface area (Å²) in [6.07, 6.45) is 3.61. The Labute approximate surface area is 140 Å². The normalized spacial score (nSPS) is 23.3. The van der Waals surface area contributed by atoms with E-state index in [0.717, 1.165) is 13.0 Å². The monoisotopic (exact) mass is 341 g/mol. The van der Waals surface area contributed by atoms with E-state index >= 15 is 0 Å². The first kappa shape index (κ1) is 18.0. The molecule has 2 rings (SSSR count). The number of ether oxygens (including phenoxy) is 1. The van der Waals surface area contributed by atoms with Crippen LogP contribution in [0, 0.1) is 5.82 Å². The van der Waals surface area contributed by atoms with Crippen LogP contribution in [0.15, 0.2) is 18.2 Å². The van der Waals surface area contributed by atoms with Gasteiger partial charge in [0.05, 0.1) is 11.8 Å². The Bertz CT molecular complexity index is 544. The number of hydrogen-bond donors (Lipinski definition) is 3. The second kappa shape index (κ2) is 8.52. The Kier molecular flexibility index (Phi) is 6.68. The number of hydrogen-bond acceptors (Lipinski definition) is 5. The van der Waals surface area contributed by atoms with E-state index in [4.69, 9.17) is 10.5 Å². The number of nitrogen functional groups attached to an aromatic ring is 1. The van der Waals surface area contributed by atoms with E-state index in [2.05, 4.69) is 16.9 Å². The van der Waals surface area contributed by atoms with E-state index in [-0.39, 0.29) is 18.0 Å². The van der Waals surface area contributed by atoms with Crippen molar-refractivity contribution >= 4 is 29.0 Å². The van der Waals surface area contributed by atoms with Crippen LogP contribution in [0.5, 0.6) is 0 Å².